The molecule has 0 bridgehead atoms. The molecule has 0 aromatic rings. The Hall–Kier alpha value is -0.220. The molecular formula is C13H24N2OS. The fourth-order valence-corrected chi connectivity index (χ4v) is 4.10. The van der Waals surface area contributed by atoms with Crippen LogP contribution in [0, 0.1) is 5.92 Å². The van der Waals surface area contributed by atoms with Crippen LogP contribution >= 0.6 is 11.8 Å². The van der Waals surface area contributed by atoms with Crippen LogP contribution in [0.1, 0.15) is 45.4 Å². The van der Waals surface area contributed by atoms with E-state index in [2.05, 4.69) is 12.2 Å². The van der Waals surface area contributed by atoms with Crippen LogP contribution in [0.4, 0.5) is 0 Å². The third-order valence-electron chi connectivity index (χ3n) is 4.02. The average Bonchev–Trinajstić information content (AvgIpc) is 2.74. The standard InChI is InChI=1S/C13H24N2OS/c1-13(6-3-7-17-13)9-15-12(16)10-4-2-5-11(14)8-10/h10-11H,2-9,14H2,1H3,(H,15,16). The largest absolute Gasteiger partial charge is 0.354 e. The van der Waals surface area contributed by atoms with Gasteiger partial charge in [-0.3, -0.25) is 4.79 Å². The monoisotopic (exact) mass is 256 g/mol. The first kappa shape index (κ1) is 13.2. The van der Waals surface area contributed by atoms with E-state index in [9.17, 15) is 4.79 Å². The fraction of sp³-hybridized carbons (Fsp3) is 0.923. The third kappa shape index (κ3) is 3.62. The van der Waals surface area contributed by atoms with Gasteiger partial charge in [0.15, 0.2) is 0 Å². The van der Waals surface area contributed by atoms with Gasteiger partial charge in [-0.25, -0.2) is 0 Å². The van der Waals surface area contributed by atoms with E-state index >= 15 is 0 Å². The minimum Gasteiger partial charge on any atom is -0.354 e. The molecular weight excluding hydrogens is 232 g/mol. The first-order valence-electron chi connectivity index (χ1n) is 6.76. The number of hydrogen-bond acceptors (Lipinski definition) is 3. The van der Waals surface area contributed by atoms with Crippen LogP contribution in [0.15, 0.2) is 0 Å². The van der Waals surface area contributed by atoms with Crippen molar-refractivity contribution in [3.05, 3.63) is 0 Å². The Kier molecular flexibility index (Phi) is 4.36. The Morgan fingerprint density at radius 3 is 2.94 bits per heavy atom. The van der Waals surface area contributed by atoms with Gasteiger partial charge < -0.3 is 11.1 Å². The molecule has 1 aliphatic carbocycles. The average molecular weight is 256 g/mol. The highest BCUT2D eigenvalue weighted by molar-refractivity contribution is 8.00. The molecule has 0 spiro atoms. The maximum Gasteiger partial charge on any atom is 0.223 e. The van der Waals surface area contributed by atoms with Gasteiger partial charge in [0.25, 0.3) is 0 Å². The summed E-state index contributed by atoms with van der Waals surface area (Å²) in [5, 5.41) is 3.14. The molecule has 1 saturated heterocycles. The topological polar surface area (TPSA) is 55.1 Å². The zero-order valence-electron chi connectivity index (χ0n) is 10.7. The van der Waals surface area contributed by atoms with Crippen molar-refractivity contribution in [2.45, 2.75) is 56.2 Å². The number of carbonyl (C=O) groups is 1. The molecule has 3 unspecified atom stereocenters. The minimum atomic E-state index is 0.161. The summed E-state index contributed by atoms with van der Waals surface area (Å²) in [5.41, 5.74) is 5.92. The predicted octanol–water partition coefficient (Wildman–Crippen LogP) is 1.91. The second-order valence-corrected chi connectivity index (χ2v) is 7.43. The molecule has 4 heteroatoms. The number of nitrogens with two attached hydrogens (primary N) is 1. The zero-order chi connectivity index (χ0) is 12.3. The van der Waals surface area contributed by atoms with E-state index in [0.29, 0.717) is 0 Å². The molecule has 2 aliphatic rings. The van der Waals surface area contributed by atoms with Crippen LogP contribution in [-0.4, -0.2) is 29.0 Å². The Labute approximate surface area is 108 Å². The van der Waals surface area contributed by atoms with Crippen LogP contribution in [0.3, 0.4) is 0 Å². The summed E-state index contributed by atoms with van der Waals surface area (Å²) in [6, 6.07) is 0.232. The summed E-state index contributed by atoms with van der Waals surface area (Å²) < 4.78 is 0.270. The molecule has 2 fully saturated rings. The molecule has 98 valence electrons. The molecule has 1 aliphatic heterocycles. The Morgan fingerprint density at radius 1 is 1.47 bits per heavy atom. The summed E-state index contributed by atoms with van der Waals surface area (Å²) in [4.78, 5) is 12.1. The van der Waals surface area contributed by atoms with Gasteiger partial charge in [-0.15, -0.1) is 0 Å². The van der Waals surface area contributed by atoms with Crippen LogP contribution in [0.5, 0.6) is 0 Å². The normalized spacial score (nSPS) is 38.0. The number of carbonyl (C=O) groups excluding carboxylic acids is 1. The van der Waals surface area contributed by atoms with Crippen LogP contribution in [0.2, 0.25) is 0 Å². The quantitative estimate of drug-likeness (QED) is 0.811. The van der Waals surface area contributed by atoms with Gasteiger partial charge in [0.05, 0.1) is 0 Å². The van der Waals surface area contributed by atoms with Crippen LogP contribution in [0.25, 0.3) is 0 Å². The summed E-state index contributed by atoms with van der Waals surface area (Å²) >= 11 is 1.99. The van der Waals surface area contributed by atoms with E-state index in [4.69, 9.17) is 5.73 Å². The Balaban J connectivity index is 1.76. The van der Waals surface area contributed by atoms with E-state index in [1.54, 1.807) is 0 Å². The summed E-state index contributed by atoms with van der Waals surface area (Å²) in [6.45, 7) is 3.08. The van der Waals surface area contributed by atoms with Gasteiger partial charge in [-0.05, 0) is 44.8 Å². The molecule has 1 saturated carbocycles. The van der Waals surface area contributed by atoms with Gasteiger partial charge in [0.2, 0.25) is 5.91 Å². The molecule has 17 heavy (non-hydrogen) atoms. The highest BCUT2D eigenvalue weighted by atomic mass is 32.2. The maximum absolute atomic E-state index is 12.1. The van der Waals surface area contributed by atoms with Crippen molar-refractivity contribution in [1.82, 2.24) is 5.32 Å². The van der Waals surface area contributed by atoms with Gasteiger partial charge in [0, 0.05) is 23.3 Å². The van der Waals surface area contributed by atoms with E-state index in [1.807, 2.05) is 11.8 Å². The molecule has 1 heterocycles. The van der Waals surface area contributed by atoms with Crippen molar-refractivity contribution >= 4 is 17.7 Å². The number of hydrogen-bond donors (Lipinski definition) is 2. The molecule has 3 atom stereocenters. The Bertz CT molecular complexity index is 277. The molecule has 0 radical (unpaired) electrons. The third-order valence-corrected chi connectivity index (χ3v) is 5.56. The smallest absolute Gasteiger partial charge is 0.223 e. The number of amides is 1. The minimum absolute atomic E-state index is 0.161. The lowest BCUT2D eigenvalue weighted by molar-refractivity contribution is -0.126. The molecule has 0 aromatic carbocycles. The lowest BCUT2D eigenvalue weighted by atomic mass is 9.85. The molecule has 2 rings (SSSR count). The fourth-order valence-electron chi connectivity index (χ4n) is 2.86. The van der Waals surface area contributed by atoms with E-state index in [-0.39, 0.29) is 22.6 Å². The maximum atomic E-state index is 12.1. The first-order valence-corrected chi connectivity index (χ1v) is 7.75. The van der Waals surface area contributed by atoms with E-state index in [1.165, 1.54) is 18.6 Å². The Morgan fingerprint density at radius 2 is 2.29 bits per heavy atom. The van der Waals surface area contributed by atoms with Gasteiger partial charge in [-0.1, -0.05) is 6.42 Å². The van der Waals surface area contributed by atoms with Crippen molar-refractivity contribution in [3.63, 3.8) is 0 Å². The first-order chi connectivity index (χ1) is 8.09. The van der Waals surface area contributed by atoms with Crippen LogP contribution in [-0.2, 0) is 4.79 Å². The van der Waals surface area contributed by atoms with E-state index < -0.39 is 0 Å². The highest BCUT2D eigenvalue weighted by Gasteiger charge is 2.31. The molecule has 1 amide bonds. The van der Waals surface area contributed by atoms with Crippen LogP contribution < -0.4 is 11.1 Å². The van der Waals surface area contributed by atoms with Crippen molar-refractivity contribution in [1.29, 1.82) is 0 Å². The van der Waals surface area contributed by atoms with Crippen molar-refractivity contribution in [2.24, 2.45) is 11.7 Å². The lowest BCUT2D eigenvalue weighted by Gasteiger charge is -2.28. The molecule has 3 nitrogen and oxygen atoms in total. The van der Waals surface area contributed by atoms with E-state index in [0.717, 1.165) is 32.2 Å². The van der Waals surface area contributed by atoms with Gasteiger partial charge in [0.1, 0.15) is 0 Å². The number of rotatable bonds is 3. The summed E-state index contributed by atoms with van der Waals surface area (Å²) in [7, 11) is 0. The second-order valence-electron chi connectivity index (χ2n) is 5.74. The summed E-state index contributed by atoms with van der Waals surface area (Å²) in [6.07, 6.45) is 6.58. The highest BCUT2D eigenvalue weighted by Crippen LogP contribution is 2.37. The number of thioether (sulfide) groups is 1. The molecule has 0 aromatic heterocycles. The lowest BCUT2D eigenvalue weighted by Crippen LogP contribution is -2.42. The molecule has 3 N–H and O–H groups in total. The number of nitrogens with one attached hydrogen (secondary N) is 1. The van der Waals surface area contributed by atoms with Crippen molar-refractivity contribution < 1.29 is 4.79 Å². The van der Waals surface area contributed by atoms with Gasteiger partial charge in [-0.2, -0.15) is 11.8 Å². The predicted molar refractivity (Wildman–Crippen MR) is 73.0 cm³/mol. The SMILES string of the molecule is CC1(CNC(=O)C2CCCC(N)C2)CCCS1. The van der Waals surface area contributed by atoms with Gasteiger partial charge >= 0.3 is 0 Å². The second kappa shape index (κ2) is 5.61. The summed E-state index contributed by atoms with van der Waals surface area (Å²) in [5.74, 6) is 1.63. The van der Waals surface area contributed by atoms with Crippen molar-refractivity contribution in [2.75, 3.05) is 12.3 Å². The zero-order valence-corrected chi connectivity index (χ0v) is 11.5. The van der Waals surface area contributed by atoms with Crippen molar-refractivity contribution in [3.8, 4) is 0 Å².